The van der Waals surface area contributed by atoms with Gasteiger partial charge < -0.3 is 4.57 Å². The maximum atomic E-state index is 5.01. The van der Waals surface area contributed by atoms with Crippen LogP contribution in [0.4, 0.5) is 0 Å². The number of hydrogen-bond acceptors (Lipinski definition) is 1. The number of hydrogen-bond donors (Lipinski definition) is 0. The largest absolute Gasteiger partial charge is 0.308 e. The van der Waals surface area contributed by atoms with Crippen molar-refractivity contribution in [3.63, 3.8) is 0 Å². The number of nitrogens with zero attached hydrogens (tertiary/aromatic N) is 3. The van der Waals surface area contributed by atoms with Gasteiger partial charge in [-0.05, 0) is 82.9 Å². The van der Waals surface area contributed by atoms with Crippen LogP contribution in [0.2, 0.25) is 0 Å². The maximum Gasteiger partial charge on any atom is 0.137 e. The van der Waals surface area contributed by atoms with E-state index in [0.29, 0.717) is 0 Å². The molecule has 40 heavy (non-hydrogen) atoms. The van der Waals surface area contributed by atoms with Crippen LogP contribution in [0.1, 0.15) is 22.3 Å². The van der Waals surface area contributed by atoms with Crippen LogP contribution in [0.3, 0.4) is 0 Å². The van der Waals surface area contributed by atoms with E-state index in [2.05, 4.69) is 120 Å². The molecular weight excluding hydrogens is 486 g/mol. The third kappa shape index (κ3) is 3.49. The molecule has 0 fully saturated rings. The normalized spacial score (nSPS) is 11.4. The third-order valence-electron chi connectivity index (χ3n) is 7.79. The summed E-state index contributed by atoms with van der Waals surface area (Å²) in [6.45, 7) is 15.9. The topological polar surface area (TPSA) is 22.8 Å². The predicted octanol–water partition coefficient (Wildman–Crippen LogP) is 9.85. The first-order valence-corrected chi connectivity index (χ1v) is 13.3. The van der Waals surface area contributed by atoms with Gasteiger partial charge in [0.2, 0.25) is 0 Å². The van der Waals surface area contributed by atoms with E-state index in [4.69, 9.17) is 4.98 Å². The van der Waals surface area contributed by atoms with Crippen molar-refractivity contribution in [2.75, 3.05) is 0 Å². The highest BCUT2D eigenvalue weighted by Gasteiger charge is 2.16. The summed E-state index contributed by atoms with van der Waals surface area (Å²) in [5.74, 6) is 0.866. The van der Waals surface area contributed by atoms with Crippen molar-refractivity contribution in [2.45, 2.75) is 0 Å². The Bertz CT molecular complexity index is 1880. The second-order valence-corrected chi connectivity index (χ2v) is 9.97. The van der Waals surface area contributed by atoms with E-state index in [-0.39, 0.29) is 0 Å². The molecular formula is C37H27N3. The summed E-state index contributed by atoms with van der Waals surface area (Å²) in [5, 5.41) is 4.69. The van der Waals surface area contributed by atoms with Crippen molar-refractivity contribution in [3.05, 3.63) is 140 Å². The Balaban J connectivity index is 1.45. The van der Waals surface area contributed by atoms with Crippen LogP contribution in [0.5, 0.6) is 0 Å². The van der Waals surface area contributed by atoms with E-state index < -0.39 is 0 Å². The number of aromatic nitrogens is 3. The number of fused-ring (bicyclic) bond motifs is 6. The van der Waals surface area contributed by atoms with Gasteiger partial charge in [0.05, 0.1) is 34.0 Å². The molecule has 0 radical (unpaired) electrons. The molecule has 7 rings (SSSR count). The first-order chi connectivity index (χ1) is 19.6. The summed E-state index contributed by atoms with van der Waals surface area (Å²) >= 11 is 0. The number of pyridine rings is 1. The SMILES string of the molecule is C=Cc1ccc2c(c1)c1cc(C=C)ccc1n2-c1ccc(-n2c3ccc(C=C)cc3c3cc(C=C)ccc32)nc1. The zero-order valence-electron chi connectivity index (χ0n) is 22.1. The lowest BCUT2D eigenvalue weighted by molar-refractivity contribution is 1.05. The Morgan fingerprint density at radius 3 is 1.15 bits per heavy atom. The van der Waals surface area contributed by atoms with Crippen molar-refractivity contribution >= 4 is 67.9 Å². The van der Waals surface area contributed by atoms with Crippen molar-refractivity contribution in [1.29, 1.82) is 0 Å². The van der Waals surface area contributed by atoms with Gasteiger partial charge in [-0.25, -0.2) is 4.98 Å². The first kappa shape index (κ1) is 23.7. The summed E-state index contributed by atoms with van der Waals surface area (Å²) in [4.78, 5) is 5.01. The lowest BCUT2D eigenvalue weighted by Crippen LogP contribution is -2.00. The van der Waals surface area contributed by atoms with Gasteiger partial charge in [0.25, 0.3) is 0 Å². The first-order valence-electron chi connectivity index (χ1n) is 13.3. The molecule has 3 heterocycles. The average Bonchev–Trinajstić information content (AvgIpc) is 3.51. The lowest BCUT2D eigenvalue weighted by atomic mass is 10.1. The fourth-order valence-electron chi connectivity index (χ4n) is 5.79. The van der Waals surface area contributed by atoms with Crippen molar-refractivity contribution < 1.29 is 0 Å². The summed E-state index contributed by atoms with van der Waals surface area (Å²) in [6, 6.07) is 30.1. The molecule has 190 valence electrons. The fraction of sp³-hybridized carbons (Fsp3) is 0. The van der Waals surface area contributed by atoms with E-state index in [9.17, 15) is 0 Å². The second kappa shape index (κ2) is 9.11. The number of benzene rings is 4. The van der Waals surface area contributed by atoms with Gasteiger partial charge in [-0.1, -0.05) is 74.9 Å². The molecule has 0 aliphatic rings. The van der Waals surface area contributed by atoms with Crippen LogP contribution in [-0.2, 0) is 0 Å². The Kier molecular flexibility index (Phi) is 5.39. The van der Waals surface area contributed by atoms with Crippen LogP contribution < -0.4 is 0 Å². The third-order valence-corrected chi connectivity index (χ3v) is 7.79. The highest BCUT2D eigenvalue weighted by molar-refractivity contribution is 6.11. The van der Waals surface area contributed by atoms with Crippen molar-refractivity contribution in [1.82, 2.24) is 14.1 Å². The maximum absolute atomic E-state index is 5.01. The van der Waals surface area contributed by atoms with Crippen LogP contribution >= 0.6 is 0 Å². The van der Waals surface area contributed by atoms with E-state index in [0.717, 1.165) is 55.8 Å². The molecule has 0 spiro atoms. The minimum Gasteiger partial charge on any atom is -0.308 e. The second-order valence-electron chi connectivity index (χ2n) is 9.97. The molecule has 0 saturated heterocycles. The van der Waals surface area contributed by atoms with E-state index in [1.165, 1.54) is 21.5 Å². The van der Waals surface area contributed by atoms with Crippen LogP contribution in [0.25, 0.3) is 79.4 Å². The Labute approximate surface area is 232 Å². The molecule has 0 unspecified atom stereocenters. The molecule has 0 N–H and O–H groups in total. The molecule has 0 aliphatic heterocycles. The fourth-order valence-corrected chi connectivity index (χ4v) is 5.79. The monoisotopic (exact) mass is 513 g/mol. The molecule has 0 amide bonds. The molecule has 0 saturated carbocycles. The zero-order chi connectivity index (χ0) is 27.4. The molecule has 3 aromatic heterocycles. The molecule has 7 aromatic rings. The van der Waals surface area contributed by atoms with Gasteiger partial charge >= 0.3 is 0 Å². The quantitative estimate of drug-likeness (QED) is 0.217. The van der Waals surface area contributed by atoms with Crippen molar-refractivity contribution in [2.24, 2.45) is 0 Å². The van der Waals surface area contributed by atoms with Crippen LogP contribution in [0.15, 0.2) is 117 Å². The summed E-state index contributed by atoms with van der Waals surface area (Å²) < 4.78 is 4.51. The van der Waals surface area contributed by atoms with E-state index in [1.807, 2.05) is 30.5 Å². The highest BCUT2D eigenvalue weighted by Crippen LogP contribution is 2.36. The Morgan fingerprint density at radius 1 is 0.450 bits per heavy atom. The van der Waals surface area contributed by atoms with Crippen LogP contribution in [-0.4, -0.2) is 14.1 Å². The van der Waals surface area contributed by atoms with E-state index >= 15 is 0 Å². The molecule has 0 bridgehead atoms. The predicted molar refractivity (Wildman–Crippen MR) is 173 cm³/mol. The van der Waals surface area contributed by atoms with Crippen LogP contribution in [0, 0.1) is 0 Å². The summed E-state index contributed by atoms with van der Waals surface area (Å²) in [6.07, 6.45) is 9.50. The van der Waals surface area contributed by atoms with Gasteiger partial charge in [0.1, 0.15) is 5.82 Å². The van der Waals surface area contributed by atoms with Gasteiger partial charge in [-0.2, -0.15) is 0 Å². The Hall–Kier alpha value is -5.41. The molecule has 4 aromatic carbocycles. The Morgan fingerprint density at radius 2 is 0.825 bits per heavy atom. The molecule has 3 heteroatoms. The zero-order valence-corrected chi connectivity index (χ0v) is 22.1. The van der Waals surface area contributed by atoms with Crippen molar-refractivity contribution in [3.8, 4) is 11.5 Å². The average molecular weight is 514 g/mol. The van der Waals surface area contributed by atoms with E-state index in [1.54, 1.807) is 0 Å². The minimum absolute atomic E-state index is 0.866. The summed E-state index contributed by atoms with van der Waals surface area (Å²) in [7, 11) is 0. The molecule has 0 aliphatic carbocycles. The molecule has 3 nitrogen and oxygen atoms in total. The minimum atomic E-state index is 0.866. The van der Waals surface area contributed by atoms with Gasteiger partial charge in [-0.15, -0.1) is 0 Å². The van der Waals surface area contributed by atoms with Gasteiger partial charge in [0.15, 0.2) is 0 Å². The smallest absolute Gasteiger partial charge is 0.137 e. The highest BCUT2D eigenvalue weighted by atomic mass is 15.1. The van der Waals surface area contributed by atoms with Gasteiger partial charge in [-0.3, -0.25) is 4.57 Å². The summed E-state index contributed by atoms with van der Waals surface area (Å²) in [5.41, 5.74) is 9.83. The standard InChI is InChI=1S/C37H27N3/c1-5-24-9-14-33-29(19-24)30-20-25(6-2)10-15-34(30)39(33)28-13-18-37(38-23-28)40-35-16-11-26(7-3)21-31(35)32-22-27(8-4)12-17-36(32)40/h5-23H,1-4H2. The lowest BCUT2D eigenvalue weighted by Gasteiger charge is -2.11. The number of rotatable bonds is 6. The molecule has 0 atom stereocenters. The van der Waals surface area contributed by atoms with Gasteiger partial charge in [0, 0.05) is 21.5 Å².